The Bertz CT molecular complexity index is 1280. The van der Waals surface area contributed by atoms with Crippen LogP contribution in [0.3, 0.4) is 0 Å². The Morgan fingerprint density at radius 1 is 0.879 bits per heavy atom. The molecule has 7 nitrogen and oxygen atoms in total. The highest BCUT2D eigenvalue weighted by Gasteiger charge is 2.59. The van der Waals surface area contributed by atoms with E-state index in [-0.39, 0.29) is 11.5 Å². The maximum absolute atomic E-state index is 13.6. The van der Waals surface area contributed by atoms with Gasteiger partial charge in [-0.2, -0.15) is 5.10 Å². The van der Waals surface area contributed by atoms with E-state index >= 15 is 0 Å². The summed E-state index contributed by atoms with van der Waals surface area (Å²) in [4.78, 5) is 41.8. The molecule has 2 aliphatic heterocycles. The number of hydrogen-bond acceptors (Lipinski definition) is 6. The van der Waals surface area contributed by atoms with E-state index < -0.39 is 23.8 Å². The molecule has 33 heavy (non-hydrogen) atoms. The summed E-state index contributed by atoms with van der Waals surface area (Å²) >= 11 is 0. The predicted molar refractivity (Wildman–Crippen MR) is 125 cm³/mol. The third-order valence-electron chi connectivity index (χ3n) is 5.94. The molecule has 2 amide bonds. The number of carbonyl (C=O) groups is 3. The van der Waals surface area contributed by atoms with Crippen LogP contribution in [0.15, 0.2) is 84.0 Å². The topological polar surface area (TPSA) is 79.3 Å². The molecule has 164 valence electrons. The average molecular weight is 439 g/mol. The first kappa shape index (κ1) is 20.6. The van der Waals surface area contributed by atoms with Crippen LogP contribution < -0.4 is 14.6 Å². The van der Waals surface area contributed by atoms with Gasteiger partial charge in [0, 0.05) is 5.56 Å². The van der Waals surface area contributed by atoms with E-state index in [0.29, 0.717) is 22.7 Å². The van der Waals surface area contributed by atoms with E-state index in [0.717, 1.165) is 10.5 Å². The molecule has 0 bridgehead atoms. The second-order valence-electron chi connectivity index (χ2n) is 7.97. The highest BCUT2D eigenvalue weighted by atomic mass is 16.5. The Balaban J connectivity index is 1.63. The summed E-state index contributed by atoms with van der Waals surface area (Å²) in [6, 6.07) is 22.0. The van der Waals surface area contributed by atoms with Gasteiger partial charge in [-0.3, -0.25) is 19.4 Å². The van der Waals surface area contributed by atoms with Crippen LogP contribution in [0.4, 0.5) is 11.4 Å². The van der Waals surface area contributed by atoms with Gasteiger partial charge in [0.05, 0.1) is 18.5 Å². The largest absolute Gasteiger partial charge is 0.495 e. The number of rotatable bonds is 5. The molecule has 0 aliphatic carbocycles. The maximum Gasteiger partial charge on any atom is 0.260 e. The van der Waals surface area contributed by atoms with Crippen molar-refractivity contribution in [2.24, 2.45) is 11.0 Å². The standard InChI is InChI=1S/C26H21N3O4/c1-16-12-14-18(15-13-16)29-23-21(22(27-29)24(30)17-8-4-3-5-9-17)25(31)28(26(23)32)19-10-6-7-11-20(19)33-2/h3-15,21,23H,1-2H3/t21-,23-/m1/s1. The first-order chi connectivity index (χ1) is 16.0. The molecule has 3 aromatic rings. The summed E-state index contributed by atoms with van der Waals surface area (Å²) < 4.78 is 5.39. The zero-order chi connectivity index (χ0) is 23.1. The first-order valence-corrected chi connectivity index (χ1v) is 10.6. The van der Waals surface area contributed by atoms with Crippen molar-refractivity contribution in [3.63, 3.8) is 0 Å². The van der Waals surface area contributed by atoms with E-state index in [4.69, 9.17) is 4.74 Å². The van der Waals surface area contributed by atoms with E-state index in [1.54, 1.807) is 48.5 Å². The number of hydrogen-bond donors (Lipinski definition) is 0. The van der Waals surface area contributed by atoms with Gasteiger partial charge in [-0.05, 0) is 31.2 Å². The summed E-state index contributed by atoms with van der Waals surface area (Å²) in [5, 5.41) is 6.02. The monoisotopic (exact) mass is 439 g/mol. The number of aryl methyl sites for hydroxylation is 1. The number of imide groups is 1. The number of carbonyl (C=O) groups excluding carboxylic acids is 3. The van der Waals surface area contributed by atoms with Gasteiger partial charge in [0.2, 0.25) is 11.7 Å². The molecule has 1 fully saturated rings. The summed E-state index contributed by atoms with van der Waals surface area (Å²) in [7, 11) is 1.48. The lowest BCUT2D eigenvalue weighted by Crippen LogP contribution is -2.39. The molecule has 1 saturated heterocycles. The van der Waals surface area contributed by atoms with Gasteiger partial charge < -0.3 is 4.74 Å². The zero-order valence-corrected chi connectivity index (χ0v) is 18.1. The number of amides is 2. The number of fused-ring (bicyclic) bond motifs is 1. The lowest BCUT2D eigenvalue weighted by atomic mass is 9.92. The molecule has 5 rings (SSSR count). The first-order valence-electron chi connectivity index (χ1n) is 10.6. The van der Waals surface area contributed by atoms with E-state index in [2.05, 4.69) is 5.10 Å². The molecule has 0 N–H and O–H groups in total. The summed E-state index contributed by atoms with van der Waals surface area (Å²) in [5.74, 6) is -1.93. The molecule has 2 aliphatic rings. The Morgan fingerprint density at radius 2 is 1.55 bits per heavy atom. The van der Waals surface area contributed by atoms with Crippen molar-refractivity contribution in [1.29, 1.82) is 0 Å². The van der Waals surface area contributed by atoms with Gasteiger partial charge in [0.25, 0.3) is 5.91 Å². The summed E-state index contributed by atoms with van der Waals surface area (Å²) in [5.41, 5.74) is 2.50. The molecule has 0 unspecified atom stereocenters. The quantitative estimate of drug-likeness (QED) is 0.448. The minimum Gasteiger partial charge on any atom is -0.495 e. The lowest BCUT2D eigenvalue weighted by molar-refractivity contribution is -0.121. The third-order valence-corrected chi connectivity index (χ3v) is 5.94. The Hall–Kier alpha value is -4.26. The number of anilines is 2. The Kier molecular flexibility index (Phi) is 5.01. The van der Waals surface area contributed by atoms with E-state index in [1.807, 2.05) is 37.3 Å². The fourth-order valence-electron chi connectivity index (χ4n) is 4.30. The molecule has 0 aromatic heterocycles. The number of Topliss-reactive ketones (excluding diaryl/α,β-unsaturated/α-hetero) is 1. The van der Waals surface area contributed by atoms with Gasteiger partial charge >= 0.3 is 0 Å². The van der Waals surface area contributed by atoms with Crippen molar-refractivity contribution in [3.05, 3.63) is 90.0 Å². The summed E-state index contributed by atoms with van der Waals surface area (Å²) in [6.07, 6.45) is 0. The minimum atomic E-state index is -1.02. The van der Waals surface area contributed by atoms with Crippen LogP contribution in [0, 0.1) is 12.8 Å². The smallest absolute Gasteiger partial charge is 0.260 e. The van der Waals surface area contributed by atoms with Crippen molar-refractivity contribution in [2.75, 3.05) is 17.0 Å². The van der Waals surface area contributed by atoms with Crippen LogP contribution >= 0.6 is 0 Å². The number of ether oxygens (including phenoxy) is 1. The van der Waals surface area contributed by atoms with Crippen molar-refractivity contribution in [3.8, 4) is 5.75 Å². The minimum absolute atomic E-state index is 0.0579. The molecule has 7 heteroatoms. The predicted octanol–water partition coefficient (Wildman–Crippen LogP) is 3.62. The van der Waals surface area contributed by atoms with Crippen LogP contribution in [0.25, 0.3) is 0 Å². The third kappa shape index (κ3) is 3.29. The zero-order valence-electron chi connectivity index (χ0n) is 18.1. The number of benzene rings is 3. The van der Waals surface area contributed by atoms with Gasteiger partial charge in [-0.25, -0.2) is 4.90 Å². The second-order valence-corrected chi connectivity index (χ2v) is 7.97. The average Bonchev–Trinajstić information content (AvgIpc) is 3.36. The van der Waals surface area contributed by atoms with Gasteiger partial charge in [0.15, 0.2) is 0 Å². The number of para-hydroxylation sites is 2. The summed E-state index contributed by atoms with van der Waals surface area (Å²) in [6.45, 7) is 1.96. The van der Waals surface area contributed by atoms with Gasteiger partial charge in [0.1, 0.15) is 23.4 Å². The normalized spacial score (nSPS) is 19.5. The maximum atomic E-state index is 13.6. The second kappa shape index (κ2) is 8.02. The van der Waals surface area contributed by atoms with Crippen LogP contribution in [-0.2, 0) is 9.59 Å². The number of ketones is 1. The van der Waals surface area contributed by atoms with Crippen LogP contribution in [0.2, 0.25) is 0 Å². The molecular weight excluding hydrogens is 418 g/mol. The molecule has 0 saturated carbocycles. The molecule has 3 aromatic carbocycles. The number of hydrazone groups is 1. The van der Waals surface area contributed by atoms with Gasteiger partial charge in [-0.15, -0.1) is 0 Å². The highest BCUT2D eigenvalue weighted by Crippen LogP contribution is 2.40. The van der Waals surface area contributed by atoms with E-state index in [9.17, 15) is 14.4 Å². The molecular formula is C26H21N3O4. The Morgan fingerprint density at radius 3 is 2.24 bits per heavy atom. The van der Waals surface area contributed by atoms with Crippen molar-refractivity contribution in [2.45, 2.75) is 13.0 Å². The van der Waals surface area contributed by atoms with Crippen LogP contribution in [0.5, 0.6) is 5.75 Å². The fraction of sp³-hybridized carbons (Fsp3) is 0.154. The molecule has 0 spiro atoms. The molecule has 0 radical (unpaired) electrons. The molecule has 2 heterocycles. The fourth-order valence-corrected chi connectivity index (χ4v) is 4.30. The molecule has 2 atom stereocenters. The number of methoxy groups -OCH3 is 1. The Labute approximate surface area is 190 Å². The van der Waals surface area contributed by atoms with E-state index in [1.165, 1.54) is 12.1 Å². The lowest BCUT2D eigenvalue weighted by Gasteiger charge is -2.23. The van der Waals surface area contributed by atoms with Crippen molar-refractivity contribution in [1.82, 2.24) is 0 Å². The van der Waals surface area contributed by atoms with Crippen molar-refractivity contribution < 1.29 is 19.1 Å². The van der Waals surface area contributed by atoms with Crippen molar-refractivity contribution >= 4 is 34.7 Å². The van der Waals surface area contributed by atoms with Crippen LogP contribution in [0.1, 0.15) is 15.9 Å². The SMILES string of the molecule is COc1ccccc1N1C(=O)[C@@H]2C(C(=O)c3ccccc3)=NN(c3ccc(C)cc3)[C@H]2C1=O. The van der Waals surface area contributed by atoms with Crippen LogP contribution in [-0.4, -0.2) is 36.5 Å². The highest BCUT2D eigenvalue weighted by molar-refractivity contribution is 6.53. The van der Waals surface area contributed by atoms with Gasteiger partial charge in [-0.1, -0.05) is 60.2 Å². The number of nitrogens with zero attached hydrogens (tertiary/aromatic N) is 3.